The van der Waals surface area contributed by atoms with Gasteiger partial charge in [0.15, 0.2) is 5.60 Å². The Bertz CT molecular complexity index is 784. The first-order valence-corrected chi connectivity index (χ1v) is 10.5. The molecule has 3 rings (SSSR count). The number of Topliss-reactive ketones (excluding diaryl/α,β-unsaturated/α-hetero) is 1. The summed E-state index contributed by atoms with van der Waals surface area (Å²) in [4.78, 5) is 39.0. The van der Waals surface area contributed by atoms with E-state index in [1.54, 1.807) is 36.9 Å². The lowest BCUT2D eigenvalue weighted by Crippen LogP contribution is -2.53. The molecule has 1 saturated heterocycles. The molecule has 1 aromatic carbocycles. The van der Waals surface area contributed by atoms with Gasteiger partial charge in [0.05, 0.1) is 5.69 Å². The third-order valence-corrected chi connectivity index (χ3v) is 5.50. The first-order valence-electron chi connectivity index (χ1n) is 10.5. The molecule has 2 aliphatic heterocycles. The SMILES string of the molecule is CCC(=O)CCCN1C(=O)C(C)(C)Oc2ccc(C(=O)N[C@@H]3CCCNC3)cc21. The quantitative estimate of drug-likeness (QED) is 0.733. The molecule has 0 aliphatic carbocycles. The van der Waals surface area contributed by atoms with Crippen molar-refractivity contribution < 1.29 is 19.1 Å². The third kappa shape index (κ3) is 4.96. The van der Waals surface area contributed by atoms with Crippen molar-refractivity contribution >= 4 is 23.3 Å². The van der Waals surface area contributed by atoms with Gasteiger partial charge in [0.25, 0.3) is 11.8 Å². The third-order valence-electron chi connectivity index (χ3n) is 5.50. The number of carbonyl (C=O) groups excluding carboxylic acids is 3. The number of hydrogen-bond donors (Lipinski definition) is 2. The highest BCUT2D eigenvalue weighted by molar-refractivity contribution is 6.04. The molecular weight excluding hydrogens is 370 g/mol. The fourth-order valence-electron chi connectivity index (χ4n) is 3.79. The van der Waals surface area contributed by atoms with Gasteiger partial charge in [-0.15, -0.1) is 0 Å². The largest absolute Gasteiger partial charge is 0.476 e. The maximum Gasteiger partial charge on any atom is 0.270 e. The van der Waals surface area contributed by atoms with E-state index in [-0.39, 0.29) is 23.6 Å². The normalized spacial score (nSPS) is 20.6. The first-order chi connectivity index (χ1) is 13.8. The smallest absolute Gasteiger partial charge is 0.270 e. The van der Waals surface area contributed by atoms with Gasteiger partial charge in [-0.3, -0.25) is 14.4 Å². The van der Waals surface area contributed by atoms with Crippen molar-refractivity contribution in [1.82, 2.24) is 10.6 Å². The van der Waals surface area contributed by atoms with Gasteiger partial charge in [-0.2, -0.15) is 0 Å². The minimum atomic E-state index is -0.987. The van der Waals surface area contributed by atoms with Crippen LogP contribution in [0.3, 0.4) is 0 Å². The number of nitrogens with one attached hydrogen (secondary N) is 2. The van der Waals surface area contributed by atoms with Crippen LogP contribution in [0.25, 0.3) is 0 Å². The summed E-state index contributed by atoms with van der Waals surface area (Å²) in [5, 5.41) is 6.34. The molecule has 0 unspecified atom stereocenters. The van der Waals surface area contributed by atoms with Gasteiger partial charge in [-0.05, 0) is 57.9 Å². The number of ketones is 1. The number of piperidine rings is 1. The minimum Gasteiger partial charge on any atom is -0.476 e. The van der Waals surface area contributed by atoms with Crippen LogP contribution in [-0.2, 0) is 9.59 Å². The van der Waals surface area contributed by atoms with Crippen LogP contribution in [0.5, 0.6) is 5.75 Å². The van der Waals surface area contributed by atoms with Crippen LogP contribution in [0.2, 0.25) is 0 Å². The number of benzene rings is 1. The zero-order valence-electron chi connectivity index (χ0n) is 17.5. The average Bonchev–Trinajstić information content (AvgIpc) is 2.71. The molecule has 2 amide bonds. The summed E-state index contributed by atoms with van der Waals surface area (Å²) in [7, 11) is 0. The number of amides is 2. The number of hydrogen-bond acceptors (Lipinski definition) is 5. The van der Waals surface area contributed by atoms with Crippen LogP contribution >= 0.6 is 0 Å². The van der Waals surface area contributed by atoms with Crippen molar-refractivity contribution in [3.8, 4) is 5.75 Å². The van der Waals surface area contributed by atoms with Crippen molar-refractivity contribution in [2.75, 3.05) is 24.5 Å². The van der Waals surface area contributed by atoms with E-state index >= 15 is 0 Å². The van der Waals surface area contributed by atoms with Crippen molar-refractivity contribution in [3.63, 3.8) is 0 Å². The Hall–Kier alpha value is -2.41. The second-order valence-electron chi connectivity index (χ2n) is 8.26. The number of fused-ring (bicyclic) bond motifs is 1. The first kappa shape index (κ1) is 21.3. The predicted octanol–water partition coefficient (Wildman–Crippen LogP) is 2.43. The minimum absolute atomic E-state index is 0.111. The van der Waals surface area contributed by atoms with E-state index in [4.69, 9.17) is 4.74 Å². The van der Waals surface area contributed by atoms with E-state index in [0.29, 0.717) is 42.8 Å². The summed E-state index contributed by atoms with van der Waals surface area (Å²) in [5.74, 6) is 0.439. The van der Waals surface area contributed by atoms with E-state index < -0.39 is 5.60 Å². The van der Waals surface area contributed by atoms with E-state index in [1.165, 1.54) is 0 Å². The van der Waals surface area contributed by atoms with Crippen molar-refractivity contribution in [2.45, 2.75) is 64.5 Å². The second kappa shape index (κ2) is 8.95. The van der Waals surface area contributed by atoms with Gasteiger partial charge in [0, 0.05) is 37.5 Å². The van der Waals surface area contributed by atoms with Crippen molar-refractivity contribution in [3.05, 3.63) is 23.8 Å². The Kier molecular flexibility index (Phi) is 6.57. The van der Waals surface area contributed by atoms with Crippen LogP contribution < -0.4 is 20.3 Å². The summed E-state index contributed by atoms with van der Waals surface area (Å²) in [5.41, 5.74) is 0.104. The standard InChI is InChI=1S/C22H31N3O4/c1-4-17(26)8-6-12-25-18-13-15(20(27)24-16-7-5-11-23-14-16)9-10-19(18)29-22(2,3)21(25)28/h9-10,13,16,23H,4-8,11-12,14H2,1-3H3,(H,24,27)/t16-/m1/s1. The summed E-state index contributed by atoms with van der Waals surface area (Å²) in [6.07, 6.45) is 3.51. The molecule has 29 heavy (non-hydrogen) atoms. The number of anilines is 1. The molecule has 0 bridgehead atoms. The molecule has 7 heteroatoms. The Morgan fingerprint density at radius 3 is 2.83 bits per heavy atom. The molecular formula is C22H31N3O4. The molecule has 1 atom stereocenters. The highest BCUT2D eigenvalue weighted by Gasteiger charge is 2.41. The Labute approximate surface area is 172 Å². The number of nitrogens with zero attached hydrogens (tertiary/aromatic N) is 1. The van der Waals surface area contributed by atoms with Crippen LogP contribution in [0, 0.1) is 0 Å². The topological polar surface area (TPSA) is 87.7 Å². The van der Waals surface area contributed by atoms with Crippen LogP contribution in [0.4, 0.5) is 5.69 Å². The molecule has 0 saturated carbocycles. The maximum atomic E-state index is 13.0. The molecule has 0 aromatic heterocycles. The van der Waals surface area contributed by atoms with Crippen LogP contribution in [0.15, 0.2) is 18.2 Å². The van der Waals surface area contributed by atoms with Crippen LogP contribution in [-0.4, -0.2) is 48.9 Å². The van der Waals surface area contributed by atoms with Gasteiger partial charge in [-0.1, -0.05) is 6.92 Å². The molecule has 1 aromatic rings. The molecule has 2 aliphatic rings. The lowest BCUT2D eigenvalue weighted by atomic mass is 10.0. The predicted molar refractivity (Wildman–Crippen MR) is 111 cm³/mol. The summed E-state index contributed by atoms with van der Waals surface area (Å²) in [6.45, 7) is 7.48. The average molecular weight is 402 g/mol. The van der Waals surface area contributed by atoms with Crippen molar-refractivity contribution in [1.29, 1.82) is 0 Å². The van der Waals surface area contributed by atoms with Gasteiger partial charge in [0.2, 0.25) is 0 Å². The number of carbonyl (C=O) groups is 3. The molecule has 7 nitrogen and oxygen atoms in total. The van der Waals surface area contributed by atoms with E-state index in [0.717, 1.165) is 25.9 Å². The Morgan fingerprint density at radius 2 is 2.14 bits per heavy atom. The monoisotopic (exact) mass is 401 g/mol. The molecule has 158 valence electrons. The van der Waals surface area contributed by atoms with E-state index in [9.17, 15) is 14.4 Å². The zero-order chi connectivity index (χ0) is 21.0. The van der Waals surface area contributed by atoms with Gasteiger partial charge in [-0.25, -0.2) is 0 Å². The summed E-state index contributed by atoms with van der Waals surface area (Å²) in [6, 6.07) is 5.31. The van der Waals surface area contributed by atoms with Gasteiger partial charge < -0.3 is 20.3 Å². The zero-order valence-corrected chi connectivity index (χ0v) is 17.5. The highest BCUT2D eigenvalue weighted by atomic mass is 16.5. The molecule has 0 radical (unpaired) electrons. The Balaban J connectivity index is 1.79. The maximum absolute atomic E-state index is 13.0. The fourth-order valence-corrected chi connectivity index (χ4v) is 3.79. The molecule has 2 heterocycles. The molecule has 0 spiro atoms. The Morgan fingerprint density at radius 1 is 1.34 bits per heavy atom. The van der Waals surface area contributed by atoms with Crippen molar-refractivity contribution in [2.24, 2.45) is 0 Å². The lowest BCUT2D eigenvalue weighted by molar-refractivity contribution is -0.132. The molecule has 1 fully saturated rings. The van der Waals surface area contributed by atoms with Crippen LogP contribution in [0.1, 0.15) is 63.2 Å². The number of rotatable bonds is 7. The van der Waals surface area contributed by atoms with Gasteiger partial charge >= 0.3 is 0 Å². The van der Waals surface area contributed by atoms with Gasteiger partial charge in [0.1, 0.15) is 11.5 Å². The van der Waals surface area contributed by atoms with E-state index in [1.807, 2.05) is 6.92 Å². The fraction of sp³-hybridized carbons (Fsp3) is 0.591. The highest BCUT2D eigenvalue weighted by Crippen LogP contribution is 2.38. The molecule has 2 N–H and O–H groups in total. The summed E-state index contributed by atoms with van der Waals surface area (Å²) >= 11 is 0. The summed E-state index contributed by atoms with van der Waals surface area (Å²) < 4.78 is 5.90. The lowest BCUT2D eigenvalue weighted by Gasteiger charge is -2.39. The van der Waals surface area contributed by atoms with E-state index in [2.05, 4.69) is 10.6 Å². The second-order valence-corrected chi connectivity index (χ2v) is 8.26. The number of ether oxygens (including phenoxy) is 1.